The average Bonchev–Trinajstić information content (AvgIpc) is 2.78. The molecule has 0 aliphatic heterocycles. The molecule has 186 valence electrons. The molecule has 2 aromatic rings. The first-order chi connectivity index (χ1) is 16.0. The number of benzene rings is 2. The third kappa shape index (κ3) is 7.84. The van der Waals surface area contributed by atoms with E-state index in [2.05, 4.69) is 27.9 Å². The lowest BCUT2D eigenvalue weighted by atomic mass is 10.1. The Labute approximate surface area is 221 Å². The predicted molar refractivity (Wildman–Crippen MR) is 145 cm³/mol. The van der Waals surface area contributed by atoms with Crippen molar-refractivity contribution in [3.05, 3.63) is 62.7 Å². The SMILES string of the molecule is CC[C@H](C)NC(=O)[C@H](CC)N(Cc1ccccc1Cl)C(=O)CN(c1ccc(I)cc1)S(C)(=O)=O. The zero-order valence-corrected chi connectivity index (χ0v) is 23.5. The van der Waals surface area contributed by atoms with E-state index in [0.717, 1.165) is 20.6 Å². The zero-order chi connectivity index (χ0) is 25.5. The highest BCUT2D eigenvalue weighted by atomic mass is 127. The monoisotopic (exact) mass is 619 g/mol. The maximum absolute atomic E-state index is 13.6. The van der Waals surface area contributed by atoms with Crippen molar-refractivity contribution in [1.82, 2.24) is 10.2 Å². The van der Waals surface area contributed by atoms with Crippen molar-refractivity contribution >= 4 is 61.7 Å². The van der Waals surface area contributed by atoms with Gasteiger partial charge in [-0.15, -0.1) is 0 Å². The van der Waals surface area contributed by atoms with Crippen LogP contribution in [-0.2, 0) is 26.2 Å². The molecule has 0 spiro atoms. The molecule has 0 saturated carbocycles. The molecule has 0 aliphatic carbocycles. The average molecular weight is 620 g/mol. The normalized spacial score (nSPS) is 13.1. The van der Waals surface area contributed by atoms with Crippen LogP contribution in [0.15, 0.2) is 48.5 Å². The van der Waals surface area contributed by atoms with Crippen LogP contribution in [0, 0.1) is 3.57 Å². The number of anilines is 1. The number of hydrogen-bond donors (Lipinski definition) is 1. The third-order valence-corrected chi connectivity index (χ3v) is 7.71. The van der Waals surface area contributed by atoms with Crippen molar-refractivity contribution in [3.63, 3.8) is 0 Å². The van der Waals surface area contributed by atoms with E-state index >= 15 is 0 Å². The fourth-order valence-electron chi connectivity index (χ4n) is 3.39. The molecule has 0 fully saturated rings. The largest absolute Gasteiger partial charge is 0.352 e. The van der Waals surface area contributed by atoms with Gasteiger partial charge in [-0.3, -0.25) is 13.9 Å². The fraction of sp³-hybridized carbons (Fsp3) is 0.417. The summed E-state index contributed by atoms with van der Waals surface area (Å²) in [4.78, 5) is 28.1. The molecule has 34 heavy (non-hydrogen) atoms. The molecule has 0 saturated heterocycles. The number of carbonyl (C=O) groups excluding carboxylic acids is 2. The summed E-state index contributed by atoms with van der Waals surface area (Å²) in [6, 6.07) is 13.1. The summed E-state index contributed by atoms with van der Waals surface area (Å²) in [7, 11) is -3.76. The standard InChI is InChI=1S/C24H31ClIN3O4S/c1-5-17(3)27-24(31)22(6-2)28(15-18-9-7-8-10-21(18)25)23(30)16-29(34(4,32)33)20-13-11-19(26)12-14-20/h7-14,17,22H,5-6,15-16H2,1-4H3,(H,27,31)/t17-,22-/m0/s1. The fourth-order valence-corrected chi connectivity index (χ4v) is 4.80. The van der Waals surface area contributed by atoms with Gasteiger partial charge >= 0.3 is 0 Å². The number of nitrogens with one attached hydrogen (secondary N) is 1. The molecule has 0 aliphatic rings. The van der Waals surface area contributed by atoms with Gasteiger partial charge in [0.25, 0.3) is 0 Å². The number of rotatable bonds is 11. The van der Waals surface area contributed by atoms with Gasteiger partial charge in [0.1, 0.15) is 12.6 Å². The maximum atomic E-state index is 13.6. The van der Waals surface area contributed by atoms with Crippen LogP contribution in [0.4, 0.5) is 5.69 Å². The second-order valence-electron chi connectivity index (χ2n) is 8.10. The van der Waals surface area contributed by atoms with Crippen molar-refractivity contribution in [2.45, 2.75) is 52.2 Å². The van der Waals surface area contributed by atoms with E-state index in [1.54, 1.807) is 48.5 Å². The first kappa shape index (κ1) is 28.4. The zero-order valence-electron chi connectivity index (χ0n) is 19.8. The van der Waals surface area contributed by atoms with E-state index in [1.165, 1.54) is 4.90 Å². The van der Waals surface area contributed by atoms with E-state index in [4.69, 9.17) is 11.6 Å². The van der Waals surface area contributed by atoms with Crippen LogP contribution in [0.5, 0.6) is 0 Å². The Kier molecular flexibility index (Phi) is 10.6. The lowest BCUT2D eigenvalue weighted by Crippen LogP contribution is -2.53. The van der Waals surface area contributed by atoms with Crippen LogP contribution in [0.3, 0.4) is 0 Å². The quantitative estimate of drug-likeness (QED) is 0.377. The molecular weight excluding hydrogens is 589 g/mol. The van der Waals surface area contributed by atoms with Gasteiger partial charge in [-0.2, -0.15) is 0 Å². The van der Waals surface area contributed by atoms with Gasteiger partial charge in [0.15, 0.2) is 0 Å². The first-order valence-corrected chi connectivity index (χ1v) is 14.3. The summed E-state index contributed by atoms with van der Waals surface area (Å²) in [6.07, 6.45) is 2.17. The minimum absolute atomic E-state index is 0.0573. The van der Waals surface area contributed by atoms with Gasteiger partial charge in [-0.05, 0) is 78.3 Å². The molecule has 2 atom stereocenters. The Balaban J connectivity index is 2.44. The summed E-state index contributed by atoms with van der Waals surface area (Å²) in [5, 5.41) is 3.41. The second kappa shape index (κ2) is 12.7. The first-order valence-electron chi connectivity index (χ1n) is 11.0. The summed E-state index contributed by atoms with van der Waals surface area (Å²) in [5.41, 5.74) is 1.05. The highest BCUT2D eigenvalue weighted by molar-refractivity contribution is 14.1. The molecule has 2 aromatic carbocycles. The van der Waals surface area contributed by atoms with E-state index in [0.29, 0.717) is 22.7 Å². The van der Waals surface area contributed by atoms with Gasteiger partial charge in [0, 0.05) is 21.2 Å². The van der Waals surface area contributed by atoms with E-state index in [-0.39, 0.29) is 18.5 Å². The topological polar surface area (TPSA) is 86.8 Å². The Morgan fingerprint density at radius 2 is 1.68 bits per heavy atom. The molecule has 0 bridgehead atoms. The second-order valence-corrected chi connectivity index (χ2v) is 11.7. The lowest BCUT2D eigenvalue weighted by molar-refractivity contribution is -0.140. The van der Waals surface area contributed by atoms with Crippen LogP contribution in [0.1, 0.15) is 39.2 Å². The Morgan fingerprint density at radius 1 is 1.06 bits per heavy atom. The summed E-state index contributed by atoms with van der Waals surface area (Å²) < 4.78 is 27.2. The molecule has 2 rings (SSSR count). The van der Waals surface area contributed by atoms with Gasteiger partial charge in [0.2, 0.25) is 21.8 Å². The lowest BCUT2D eigenvalue weighted by Gasteiger charge is -2.33. The summed E-state index contributed by atoms with van der Waals surface area (Å²) in [6.45, 7) is 5.32. The molecule has 1 N–H and O–H groups in total. The van der Waals surface area contributed by atoms with Gasteiger partial charge in [0.05, 0.1) is 11.9 Å². The maximum Gasteiger partial charge on any atom is 0.244 e. The van der Waals surface area contributed by atoms with Crippen LogP contribution >= 0.6 is 34.2 Å². The molecule has 0 radical (unpaired) electrons. The van der Waals surface area contributed by atoms with Gasteiger partial charge in [-0.1, -0.05) is 43.6 Å². The molecule has 0 aromatic heterocycles. The van der Waals surface area contributed by atoms with E-state index < -0.39 is 28.5 Å². The van der Waals surface area contributed by atoms with Crippen LogP contribution in [0.25, 0.3) is 0 Å². The highest BCUT2D eigenvalue weighted by Crippen LogP contribution is 2.23. The van der Waals surface area contributed by atoms with Crippen molar-refractivity contribution in [3.8, 4) is 0 Å². The van der Waals surface area contributed by atoms with Gasteiger partial charge < -0.3 is 10.2 Å². The number of nitrogens with zero attached hydrogens (tertiary/aromatic N) is 2. The number of carbonyl (C=O) groups is 2. The molecule has 2 amide bonds. The molecule has 7 nitrogen and oxygen atoms in total. The van der Waals surface area contributed by atoms with Crippen LogP contribution in [-0.4, -0.2) is 50.0 Å². The molecule has 10 heteroatoms. The van der Waals surface area contributed by atoms with E-state index in [9.17, 15) is 18.0 Å². The Bertz CT molecular complexity index is 1100. The smallest absolute Gasteiger partial charge is 0.244 e. The molecular formula is C24H31ClIN3O4S. The minimum atomic E-state index is -3.76. The Hall–Kier alpha value is -1.85. The van der Waals surface area contributed by atoms with Crippen molar-refractivity contribution in [2.75, 3.05) is 17.1 Å². The van der Waals surface area contributed by atoms with Crippen molar-refractivity contribution in [1.29, 1.82) is 0 Å². The number of halogens is 2. The number of hydrogen-bond acceptors (Lipinski definition) is 4. The van der Waals surface area contributed by atoms with E-state index in [1.807, 2.05) is 20.8 Å². The number of amides is 2. The van der Waals surface area contributed by atoms with Crippen molar-refractivity contribution in [2.24, 2.45) is 0 Å². The molecule has 0 heterocycles. The number of sulfonamides is 1. The van der Waals surface area contributed by atoms with Crippen LogP contribution in [0.2, 0.25) is 5.02 Å². The summed E-state index contributed by atoms with van der Waals surface area (Å²) in [5.74, 6) is -0.771. The van der Waals surface area contributed by atoms with Gasteiger partial charge in [-0.25, -0.2) is 8.42 Å². The molecule has 0 unspecified atom stereocenters. The Morgan fingerprint density at radius 3 is 2.21 bits per heavy atom. The van der Waals surface area contributed by atoms with Crippen LogP contribution < -0.4 is 9.62 Å². The third-order valence-electron chi connectivity index (χ3n) is 5.48. The summed E-state index contributed by atoms with van der Waals surface area (Å²) >= 11 is 8.48. The predicted octanol–water partition coefficient (Wildman–Crippen LogP) is 4.43. The minimum Gasteiger partial charge on any atom is -0.352 e. The van der Waals surface area contributed by atoms with Crippen molar-refractivity contribution < 1.29 is 18.0 Å². The highest BCUT2D eigenvalue weighted by Gasteiger charge is 2.32.